The lowest BCUT2D eigenvalue weighted by molar-refractivity contribution is 0.103. The molecule has 1 amide bonds. The number of hydrogen-bond donors (Lipinski definition) is 1. The molecule has 1 N–H and O–H groups in total. The molecule has 6 heteroatoms. The molecule has 25 heavy (non-hydrogen) atoms. The molecular weight excluding hydrogens is 358 g/mol. The highest BCUT2D eigenvalue weighted by Crippen LogP contribution is 2.25. The Morgan fingerprint density at radius 1 is 1.16 bits per heavy atom. The molecule has 2 aromatic carbocycles. The third-order valence-electron chi connectivity index (χ3n) is 3.43. The Bertz CT molecular complexity index is 878. The third kappa shape index (κ3) is 4.53. The summed E-state index contributed by atoms with van der Waals surface area (Å²) in [5, 5.41) is 5.39. The molecule has 0 saturated carbocycles. The second-order valence-corrected chi connectivity index (χ2v) is 6.57. The first-order chi connectivity index (χ1) is 12.2. The second-order valence-electron chi connectivity index (χ2n) is 5.22. The first kappa shape index (κ1) is 17.3. The molecule has 0 atom stereocenters. The first-order valence-corrected chi connectivity index (χ1v) is 8.81. The van der Waals surface area contributed by atoms with E-state index in [-0.39, 0.29) is 5.91 Å². The molecule has 0 aliphatic heterocycles. The quantitative estimate of drug-likeness (QED) is 0.642. The maximum Gasteiger partial charge on any atom is 0.265 e. The first-order valence-electron chi connectivity index (χ1n) is 7.56. The van der Waals surface area contributed by atoms with Gasteiger partial charge >= 0.3 is 0 Å². The molecule has 0 unspecified atom stereocenters. The molecule has 1 heterocycles. The van der Waals surface area contributed by atoms with E-state index < -0.39 is 0 Å². The lowest BCUT2D eigenvalue weighted by Crippen LogP contribution is -2.11. The van der Waals surface area contributed by atoms with Crippen molar-refractivity contribution in [2.24, 2.45) is 0 Å². The molecule has 0 aliphatic carbocycles. The van der Waals surface area contributed by atoms with Gasteiger partial charge in [-0.3, -0.25) is 4.79 Å². The Hall–Kier alpha value is -2.50. The van der Waals surface area contributed by atoms with Crippen molar-refractivity contribution in [3.05, 3.63) is 75.4 Å². The molecule has 0 fully saturated rings. The van der Waals surface area contributed by atoms with Crippen LogP contribution >= 0.6 is 22.9 Å². The zero-order valence-corrected chi connectivity index (χ0v) is 15.1. The summed E-state index contributed by atoms with van der Waals surface area (Å²) >= 11 is 7.30. The van der Waals surface area contributed by atoms with Gasteiger partial charge in [-0.25, -0.2) is 0 Å². The van der Waals surface area contributed by atoms with Crippen LogP contribution in [0.4, 0.5) is 5.69 Å². The van der Waals surface area contributed by atoms with Crippen LogP contribution in [0.1, 0.15) is 15.2 Å². The summed E-state index contributed by atoms with van der Waals surface area (Å²) < 4.78 is 10.9. The molecule has 0 aliphatic rings. The van der Waals surface area contributed by atoms with Crippen molar-refractivity contribution in [2.45, 2.75) is 6.61 Å². The minimum Gasteiger partial charge on any atom is -0.495 e. The number of ether oxygens (including phenoxy) is 2. The lowest BCUT2D eigenvalue weighted by Gasteiger charge is -2.08. The van der Waals surface area contributed by atoms with Gasteiger partial charge in [-0.05, 0) is 41.8 Å². The van der Waals surface area contributed by atoms with E-state index in [2.05, 4.69) is 5.32 Å². The molecule has 3 rings (SSSR count). The topological polar surface area (TPSA) is 47.6 Å². The average molecular weight is 374 g/mol. The number of hydrogen-bond acceptors (Lipinski definition) is 4. The van der Waals surface area contributed by atoms with E-state index in [9.17, 15) is 4.79 Å². The van der Waals surface area contributed by atoms with Crippen LogP contribution in [0.25, 0.3) is 0 Å². The van der Waals surface area contributed by atoms with Crippen LogP contribution in [0.2, 0.25) is 5.02 Å². The highest BCUT2D eigenvalue weighted by atomic mass is 35.5. The fourth-order valence-electron chi connectivity index (χ4n) is 2.23. The van der Waals surface area contributed by atoms with Crippen LogP contribution in [0.5, 0.6) is 11.5 Å². The number of nitrogens with one attached hydrogen (secondary N) is 1. The number of para-hydroxylation sites is 2. The fraction of sp³-hybridized carbons (Fsp3) is 0.105. The average Bonchev–Trinajstić information content (AvgIpc) is 3.10. The number of carbonyl (C=O) groups excluding carboxylic acids is 1. The Morgan fingerprint density at radius 3 is 2.80 bits per heavy atom. The highest BCUT2D eigenvalue weighted by Gasteiger charge is 2.12. The van der Waals surface area contributed by atoms with Crippen LogP contribution in [-0.2, 0) is 6.61 Å². The summed E-state index contributed by atoms with van der Waals surface area (Å²) in [5.74, 6) is 1.14. The van der Waals surface area contributed by atoms with Gasteiger partial charge in [0.1, 0.15) is 18.1 Å². The van der Waals surface area contributed by atoms with E-state index in [0.717, 1.165) is 5.56 Å². The molecular formula is C19H16ClNO3S. The maximum atomic E-state index is 12.4. The van der Waals surface area contributed by atoms with Crippen molar-refractivity contribution in [1.82, 2.24) is 0 Å². The number of thiophene rings is 1. The van der Waals surface area contributed by atoms with Crippen molar-refractivity contribution in [2.75, 3.05) is 12.4 Å². The SMILES string of the molecule is COc1ccccc1NC(=O)c1cc(COc2cccc(Cl)c2)cs1. The van der Waals surface area contributed by atoms with Crippen molar-refractivity contribution in [3.8, 4) is 11.5 Å². The number of benzene rings is 2. The molecule has 0 spiro atoms. The van der Waals surface area contributed by atoms with Gasteiger partial charge in [-0.2, -0.15) is 0 Å². The number of anilines is 1. The van der Waals surface area contributed by atoms with Gasteiger partial charge in [0.15, 0.2) is 0 Å². The van der Waals surface area contributed by atoms with Gasteiger partial charge in [0, 0.05) is 10.6 Å². The fourth-order valence-corrected chi connectivity index (χ4v) is 3.20. The molecule has 3 aromatic rings. The van der Waals surface area contributed by atoms with E-state index in [1.807, 2.05) is 35.7 Å². The Morgan fingerprint density at radius 2 is 2.00 bits per heavy atom. The molecule has 0 saturated heterocycles. The number of rotatable bonds is 6. The summed E-state index contributed by atoms with van der Waals surface area (Å²) in [4.78, 5) is 13.0. The highest BCUT2D eigenvalue weighted by molar-refractivity contribution is 7.12. The van der Waals surface area contributed by atoms with Gasteiger partial charge in [-0.15, -0.1) is 11.3 Å². The van der Waals surface area contributed by atoms with Crippen molar-refractivity contribution >= 4 is 34.5 Å². The predicted molar refractivity (Wildman–Crippen MR) is 101 cm³/mol. The summed E-state index contributed by atoms with van der Waals surface area (Å²) in [5.41, 5.74) is 1.57. The monoisotopic (exact) mass is 373 g/mol. The van der Waals surface area contributed by atoms with Crippen molar-refractivity contribution in [1.29, 1.82) is 0 Å². The predicted octanol–water partition coefficient (Wildman–Crippen LogP) is 5.24. The van der Waals surface area contributed by atoms with E-state index in [1.165, 1.54) is 11.3 Å². The third-order valence-corrected chi connectivity index (χ3v) is 4.65. The smallest absolute Gasteiger partial charge is 0.265 e. The summed E-state index contributed by atoms with van der Waals surface area (Å²) in [7, 11) is 1.57. The second kappa shape index (κ2) is 8.05. The Balaban J connectivity index is 1.63. The minimum absolute atomic E-state index is 0.177. The van der Waals surface area contributed by atoms with Gasteiger partial charge in [0.05, 0.1) is 17.7 Å². The number of halogens is 1. The van der Waals surface area contributed by atoms with Crippen LogP contribution in [-0.4, -0.2) is 13.0 Å². The Kier molecular flexibility index (Phi) is 5.58. The van der Waals surface area contributed by atoms with Gasteiger partial charge in [0.25, 0.3) is 5.91 Å². The largest absolute Gasteiger partial charge is 0.495 e. The molecule has 128 valence electrons. The number of carbonyl (C=O) groups is 1. The maximum absolute atomic E-state index is 12.4. The minimum atomic E-state index is -0.177. The summed E-state index contributed by atoms with van der Waals surface area (Å²) in [6.07, 6.45) is 0. The van der Waals surface area contributed by atoms with Crippen LogP contribution in [0.15, 0.2) is 60.0 Å². The van der Waals surface area contributed by atoms with Crippen LogP contribution < -0.4 is 14.8 Å². The van der Waals surface area contributed by atoms with Gasteiger partial charge < -0.3 is 14.8 Å². The molecule has 4 nitrogen and oxygen atoms in total. The van der Waals surface area contributed by atoms with Crippen molar-refractivity contribution < 1.29 is 14.3 Å². The standard InChI is InChI=1S/C19H16ClNO3S/c1-23-17-8-3-2-7-16(17)21-19(22)18-9-13(12-25-18)11-24-15-6-4-5-14(20)10-15/h2-10,12H,11H2,1H3,(H,21,22). The zero-order valence-electron chi connectivity index (χ0n) is 13.5. The number of amides is 1. The normalized spacial score (nSPS) is 10.3. The van der Waals surface area contributed by atoms with Crippen molar-refractivity contribution in [3.63, 3.8) is 0 Å². The summed E-state index contributed by atoms with van der Waals surface area (Å²) in [6, 6.07) is 16.3. The lowest BCUT2D eigenvalue weighted by atomic mass is 10.2. The van der Waals surface area contributed by atoms with Gasteiger partial charge in [-0.1, -0.05) is 29.8 Å². The van der Waals surface area contributed by atoms with Crippen LogP contribution in [0.3, 0.4) is 0 Å². The van der Waals surface area contributed by atoms with Gasteiger partial charge in [0.2, 0.25) is 0 Å². The molecule has 0 radical (unpaired) electrons. The molecule has 0 bridgehead atoms. The number of methoxy groups -OCH3 is 1. The molecule has 1 aromatic heterocycles. The Labute approximate surface area is 155 Å². The van der Waals surface area contributed by atoms with E-state index in [0.29, 0.717) is 33.7 Å². The van der Waals surface area contributed by atoms with E-state index in [4.69, 9.17) is 21.1 Å². The van der Waals surface area contributed by atoms with E-state index in [1.54, 1.807) is 31.4 Å². The van der Waals surface area contributed by atoms with Crippen LogP contribution in [0, 0.1) is 0 Å². The zero-order chi connectivity index (χ0) is 17.6. The summed E-state index contributed by atoms with van der Waals surface area (Å²) in [6.45, 7) is 0.374. The van der Waals surface area contributed by atoms with E-state index >= 15 is 0 Å².